The second-order valence-electron chi connectivity index (χ2n) is 5.90. The smallest absolute Gasteiger partial charge is 0.315 e. The summed E-state index contributed by atoms with van der Waals surface area (Å²) in [6.07, 6.45) is 12.2. The SMILES string of the molecule is COCCC1(CNC(=O)NC2CC=CCC2)CCC1. The molecule has 0 aliphatic heterocycles. The highest BCUT2D eigenvalue weighted by molar-refractivity contribution is 5.74. The molecule has 2 rings (SSSR count). The van der Waals surface area contributed by atoms with Gasteiger partial charge in [0.15, 0.2) is 0 Å². The van der Waals surface area contributed by atoms with E-state index >= 15 is 0 Å². The molecule has 0 bridgehead atoms. The van der Waals surface area contributed by atoms with E-state index in [0.717, 1.165) is 38.8 Å². The summed E-state index contributed by atoms with van der Waals surface area (Å²) in [6, 6.07) is 0.297. The van der Waals surface area contributed by atoms with E-state index < -0.39 is 0 Å². The highest BCUT2D eigenvalue weighted by Crippen LogP contribution is 2.43. The standard InChI is InChI=1S/C15H26N2O2/c1-19-11-10-15(8-5-9-15)12-16-14(18)17-13-6-3-2-4-7-13/h2-3,13H,4-12H2,1H3,(H2,16,17,18). The highest BCUT2D eigenvalue weighted by atomic mass is 16.5. The number of hydrogen-bond donors (Lipinski definition) is 2. The van der Waals surface area contributed by atoms with Gasteiger partial charge in [-0.25, -0.2) is 4.79 Å². The van der Waals surface area contributed by atoms with Gasteiger partial charge in [-0.15, -0.1) is 0 Å². The van der Waals surface area contributed by atoms with Crippen LogP contribution in [0.4, 0.5) is 4.79 Å². The minimum absolute atomic E-state index is 0.0102. The molecule has 1 unspecified atom stereocenters. The van der Waals surface area contributed by atoms with E-state index in [1.165, 1.54) is 19.3 Å². The Hall–Kier alpha value is -1.03. The van der Waals surface area contributed by atoms with E-state index in [9.17, 15) is 4.79 Å². The van der Waals surface area contributed by atoms with Gasteiger partial charge in [0.05, 0.1) is 0 Å². The fourth-order valence-corrected chi connectivity index (χ4v) is 2.94. The Morgan fingerprint density at radius 2 is 2.26 bits per heavy atom. The number of urea groups is 1. The van der Waals surface area contributed by atoms with Crippen LogP contribution >= 0.6 is 0 Å². The lowest BCUT2D eigenvalue weighted by Crippen LogP contribution is -2.48. The Morgan fingerprint density at radius 3 is 2.84 bits per heavy atom. The number of ether oxygens (including phenoxy) is 1. The number of hydrogen-bond acceptors (Lipinski definition) is 2. The molecule has 19 heavy (non-hydrogen) atoms. The molecule has 2 aliphatic rings. The molecule has 0 aromatic carbocycles. The van der Waals surface area contributed by atoms with Crippen LogP contribution in [0.25, 0.3) is 0 Å². The summed E-state index contributed by atoms with van der Waals surface area (Å²) in [5.41, 5.74) is 0.291. The van der Waals surface area contributed by atoms with Crippen LogP contribution in [0.2, 0.25) is 0 Å². The molecule has 0 saturated heterocycles. The van der Waals surface area contributed by atoms with Crippen LogP contribution in [0, 0.1) is 5.41 Å². The third-order valence-electron chi connectivity index (χ3n) is 4.48. The zero-order valence-corrected chi connectivity index (χ0v) is 11.9. The first kappa shape index (κ1) is 14.4. The highest BCUT2D eigenvalue weighted by Gasteiger charge is 2.36. The van der Waals surface area contributed by atoms with Crippen molar-refractivity contribution in [2.24, 2.45) is 5.41 Å². The van der Waals surface area contributed by atoms with Crippen molar-refractivity contribution in [1.82, 2.24) is 10.6 Å². The van der Waals surface area contributed by atoms with Crippen molar-refractivity contribution in [3.05, 3.63) is 12.2 Å². The summed E-state index contributed by atoms with van der Waals surface area (Å²) in [5.74, 6) is 0. The van der Waals surface area contributed by atoms with E-state index in [2.05, 4.69) is 22.8 Å². The molecule has 4 nitrogen and oxygen atoms in total. The number of methoxy groups -OCH3 is 1. The quantitative estimate of drug-likeness (QED) is 0.726. The lowest BCUT2D eigenvalue weighted by atomic mass is 9.67. The van der Waals surface area contributed by atoms with Crippen LogP contribution in [0.1, 0.15) is 44.9 Å². The van der Waals surface area contributed by atoms with Crippen LogP contribution in [0.3, 0.4) is 0 Å². The number of allylic oxidation sites excluding steroid dienone is 1. The van der Waals surface area contributed by atoms with Crippen molar-refractivity contribution < 1.29 is 9.53 Å². The van der Waals surface area contributed by atoms with Gasteiger partial charge >= 0.3 is 6.03 Å². The molecule has 1 atom stereocenters. The molecule has 1 saturated carbocycles. The lowest BCUT2D eigenvalue weighted by Gasteiger charge is -2.42. The maximum absolute atomic E-state index is 11.9. The number of carbonyl (C=O) groups is 1. The molecule has 2 N–H and O–H groups in total. The van der Waals surface area contributed by atoms with Crippen molar-refractivity contribution in [2.45, 2.75) is 51.0 Å². The average molecular weight is 266 g/mol. The maximum atomic E-state index is 11.9. The zero-order chi connectivity index (χ0) is 13.6. The van der Waals surface area contributed by atoms with Gasteiger partial charge in [-0.1, -0.05) is 18.6 Å². The van der Waals surface area contributed by atoms with Gasteiger partial charge in [-0.05, 0) is 43.9 Å². The van der Waals surface area contributed by atoms with Gasteiger partial charge in [0.2, 0.25) is 0 Å². The van der Waals surface area contributed by atoms with E-state index in [1.807, 2.05) is 0 Å². The lowest BCUT2D eigenvalue weighted by molar-refractivity contribution is 0.0710. The summed E-state index contributed by atoms with van der Waals surface area (Å²) in [7, 11) is 1.74. The average Bonchev–Trinajstić information content (AvgIpc) is 2.38. The van der Waals surface area contributed by atoms with Gasteiger partial charge in [-0.3, -0.25) is 0 Å². The van der Waals surface area contributed by atoms with Gasteiger partial charge in [0.1, 0.15) is 0 Å². The first-order valence-electron chi connectivity index (χ1n) is 7.42. The third kappa shape index (κ3) is 4.23. The Kier molecular flexibility index (Phi) is 5.25. The number of carbonyl (C=O) groups excluding carboxylic acids is 1. The topological polar surface area (TPSA) is 50.4 Å². The van der Waals surface area contributed by atoms with E-state index in [0.29, 0.717) is 11.5 Å². The van der Waals surface area contributed by atoms with Gasteiger partial charge in [-0.2, -0.15) is 0 Å². The molecule has 2 aliphatic carbocycles. The predicted octanol–water partition coefficient (Wildman–Crippen LogP) is 2.60. The van der Waals surface area contributed by atoms with Gasteiger partial charge < -0.3 is 15.4 Å². The van der Waals surface area contributed by atoms with Crippen molar-refractivity contribution >= 4 is 6.03 Å². The number of nitrogens with one attached hydrogen (secondary N) is 2. The van der Waals surface area contributed by atoms with Crippen molar-refractivity contribution in [3.63, 3.8) is 0 Å². The molecule has 2 amide bonds. The fraction of sp³-hybridized carbons (Fsp3) is 0.800. The van der Waals surface area contributed by atoms with E-state index in [-0.39, 0.29) is 6.03 Å². The number of rotatable bonds is 6. The molecule has 1 fully saturated rings. The predicted molar refractivity (Wildman–Crippen MR) is 76.1 cm³/mol. The molecule has 0 spiro atoms. The summed E-state index contributed by atoms with van der Waals surface area (Å²) in [5, 5.41) is 6.12. The largest absolute Gasteiger partial charge is 0.385 e. The van der Waals surface area contributed by atoms with Crippen molar-refractivity contribution in [2.75, 3.05) is 20.3 Å². The van der Waals surface area contributed by atoms with Gasteiger partial charge in [0.25, 0.3) is 0 Å². The first-order chi connectivity index (χ1) is 9.24. The molecule has 4 heteroatoms. The molecule has 108 valence electrons. The summed E-state index contributed by atoms with van der Waals surface area (Å²) in [6.45, 7) is 1.57. The zero-order valence-electron chi connectivity index (χ0n) is 11.9. The molecule has 0 aromatic heterocycles. The summed E-state index contributed by atoms with van der Waals surface area (Å²) < 4.78 is 5.17. The maximum Gasteiger partial charge on any atom is 0.315 e. The number of amides is 2. The van der Waals surface area contributed by atoms with E-state index in [4.69, 9.17) is 4.74 Å². The fourth-order valence-electron chi connectivity index (χ4n) is 2.94. The molecule has 0 aromatic rings. The van der Waals surface area contributed by atoms with Crippen LogP contribution in [-0.2, 0) is 4.74 Å². The van der Waals surface area contributed by atoms with Crippen LogP contribution < -0.4 is 10.6 Å². The molecule has 0 radical (unpaired) electrons. The molecular weight excluding hydrogens is 240 g/mol. The second-order valence-corrected chi connectivity index (χ2v) is 5.90. The summed E-state index contributed by atoms with van der Waals surface area (Å²) >= 11 is 0. The Labute approximate surface area is 116 Å². The van der Waals surface area contributed by atoms with Crippen molar-refractivity contribution in [3.8, 4) is 0 Å². The minimum Gasteiger partial charge on any atom is -0.385 e. The Bertz CT molecular complexity index is 324. The van der Waals surface area contributed by atoms with Crippen LogP contribution in [0.15, 0.2) is 12.2 Å². The third-order valence-corrected chi connectivity index (χ3v) is 4.48. The Balaban J connectivity index is 1.68. The minimum atomic E-state index is -0.0102. The van der Waals surface area contributed by atoms with Gasteiger partial charge in [0, 0.05) is 26.3 Å². The Morgan fingerprint density at radius 1 is 1.42 bits per heavy atom. The normalized spacial score (nSPS) is 24.6. The second kappa shape index (κ2) is 6.94. The molecule has 0 heterocycles. The van der Waals surface area contributed by atoms with Crippen LogP contribution in [-0.4, -0.2) is 32.3 Å². The first-order valence-corrected chi connectivity index (χ1v) is 7.42. The van der Waals surface area contributed by atoms with E-state index in [1.54, 1.807) is 7.11 Å². The molecular formula is C15H26N2O2. The monoisotopic (exact) mass is 266 g/mol. The van der Waals surface area contributed by atoms with Crippen molar-refractivity contribution in [1.29, 1.82) is 0 Å². The summed E-state index contributed by atoms with van der Waals surface area (Å²) in [4.78, 5) is 11.9. The van der Waals surface area contributed by atoms with Crippen LogP contribution in [0.5, 0.6) is 0 Å².